The first-order valence-electron chi connectivity index (χ1n) is 20.2. The molecule has 0 spiro atoms. The lowest BCUT2D eigenvalue weighted by atomic mass is 9.52. The Labute approximate surface area is 316 Å². The Hall–Kier alpha value is -3.01. The van der Waals surface area contributed by atoms with Gasteiger partial charge in [-0.2, -0.15) is 0 Å². The van der Waals surface area contributed by atoms with Crippen LogP contribution in [0.1, 0.15) is 163 Å². The zero-order valence-corrected chi connectivity index (χ0v) is 33.6. The third kappa shape index (κ3) is 9.63. The molecular weight excluding hydrogens is 674 g/mol. The molecule has 1 saturated heterocycles. The van der Waals surface area contributed by atoms with E-state index in [1.54, 1.807) is 12.4 Å². The molecule has 0 radical (unpaired) electrons. The first-order valence-corrected chi connectivity index (χ1v) is 20.2. The second-order valence-electron chi connectivity index (χ2n) is 19.1. The van der Waals surface area contributed by atoms with E-state index in [4.69, 9.17) is 18.9 Å². The van der Waals surface area contributed by atoms with Crippen molar-refractivity contribution in [1.82, 2.24) is 4.98 Å². The van der Waals surface area contributed by atoms with E-state index in [0.717, 1.165) is 44.9 Å². The molecule has 7 unspecified atom stereocenters. The van der Waals surface area contributed by atoms with Crippen LogP contribution in [-0.4, -0.2) is 63.5 Å². The zero-order valence-electron chi connectivity index (χ0n) is 33.6. The molecular formula is C43H65NO9. The molecule has 5 fully saturated rings. The van der Waals surface area contributed by atoms with Gasteiger partial charge in [-0.25, -0.2) is 4.79 Å². The van der Waals surface area contributed by atoms with E-state index in [1.165, 1.54) is 5.56 Å². The number of carbonyl (C=O) groups is 4. The second-order valence-corrected chi connectivity index (χ2v) is 19.1. The topological polar surface area (TPSA) is 138 Å². The molecule has 1 aromatic rings. The van der Waals surface area contributed by atoms with Crippen molar-refractivity contribution in [2.45, 2.75) is 181 Å². The van der Waals surface area contributed by atoms with Gasteiger partial charge in [0.15, 0.2) is 0 Å². The number of pyridine rings is 1. The summed E-state index contributed by atoms with van der Waals surface area (Å²) in [6, 6.07) is 4.03. The van der Waals surface area contributed by atoms with Crippen LogP contribution < -0.4 is 0 Å². The van der Waals surface area contributed by atoms with Crippen LogP contribution in [0.15, 0.2) is 24.5 Å². The van der Waals surface area contributed by atoms with E-state index in [0.29, 0.717) is 50.4 Å². The highest BCUT2D eigenvalue weighted by atomic mass is 16.6. The Morgan fingerprint density at radius 3 is 1.96 bits per heavy atom. The predicted molar refractivity (Wildman–Crippen MR) is 199 cm³/mol. The van der Waals surface area contributed by atoms with Crippen LogP contribution >= 0.6 is 0 Å². The largest absolute Gasteiger partial charge is 0.463 e. The van der Waals surface area contributed by atoms with Gasteiger partial charge >= 0.3 is 23.9 Å². The number of esters is 4. The maximum absolute atomic E-state index is 14.2. The highest BCUT2D eigenvalue weighted by molar-refractivity contribution is 5.83. The molecule has 2 heterocycles. The van der Waals surface area contributed by atoms with E-state index in [2.05, 4.69) is 11.9 Å². The minimum absolute atomic E-state index is 0.193. The first-order chi connectivity index (χ1) is 24.7. The second kappa shape index (κ2) is 15.6. The minimum Gasteiger partial charge on any atom is -0.463 e. The number of hydrogen-bond acceptors (Lipinski definition) is 10. The summed E-state index contributed by atoms with van der Waals surface area (Å²) in [6.07, 6.45) is 11.6. The van der Waals surface area contributed by atoms with Gasteiger partial charge in [0, 0.05) is 25.2 Å². The summed E-state index contributed by atoms with van der Waals surface area (Å²) >= 11 is 0. The summed E-state index contributed by atoms with van der Waals surface area (Å²) in [6.45, 7) is 15.5. The van der Waals surface area contributed by atoms with Crippen LogP contribution in [0.5, 0.6) is 0 Å². The quantitative estimate of drug-likeness (QED) is 0.123. The third-order valence-electron chi connectivity index (χ3n) is 13.3. The fourth-order valence-corrected chi connectivity index (χ4v) is 9.75. The minimum atomic E-state index is -1.13. The molecule has 1 aromatic heterocycles. The summed E-state index contributed by atoms with van der Waals surface area (Å²) in [7, 11) is 0. The van der Waals surface area contributed by atoms with E-state index in [9.17, 15) is 24.3 Å². The molecule has 6 rings (SSSR count). The van der Waals surface area contributed by atoms with Crippen LogP contribution in [0, 0.1) is 28.1 Å². The highest BCUT2D eigenvalue weighted by Gasteiger charge is 2.60. The van der Waals surface area contributed by atoms with Crippen LogP contribution in [0.3, 0.4) is 0 Å². The smallest absolute Gasteiger partial charge is 0.347 e. The van der Waals surface area contributed by atoms with Gasteiger partial charge in [0.1, 0.15) is 11.2 Å². The Bertz CT molecular complexity index is 1470. The van der Waals surface area contributed by atoms with Crippen LogP contribution in [0.4, 0.5) is 0 Å². The fraction of sp³-hybridized carbons (Fsp3) is 0.791. The third-order valence-corrected chi connectivity index (χ3v) is 13.3. The lowest BCUT2D eigenvalue weighted by Crippen LogP contribution is -2.61. The first kappa shape index (κ1) is 41.2. The molecule has 0 amide bonds. The van der Waals surface area contributed by atoms with Gasteiger partial charge < -0.3 is 24.1 Å². The molecule has 53 heavy (non-hydrogen) atoms. The number of cyclic esters (lactones) is 1. The molecule has 1 aliphatic heterocycles. The fourth-order valence-electron chi connectivity index (χ4n) is 9.75. The van der Waals surface area contributed by atoms with Gasteiger partial charge in [0.2, 0.25) is 6.10 Å². The Balaban J connectivity index is 1.36. The van der Waals surface area contributed by atoms with Crippen molar-refractivity contribution in [2.75, 3.05) is 6.61 Å². The van der Waals surface area contributed by atoms with Gasteiger partial charge in [-0.1, -0.05) is 13.8 Å². The number of aromatic nitrogens is 1. The monoisotopic (exact) mass is 739 g/mol. The standard InChI is InChI=1S/C43H65NO9/c1-9-31(32-12-20-44-21-13-32)11-15-40(7,37(48)52-38(3,4)5)18-19-41(8,35(46)51-33-14-22-50-34(33)45)17-16-39(6,10-2)36(47)53-43-26-29-23-30(27-43)25-42(49,24-29)28-43/h12-13,20-21,29-31,33,49H,9-11,14-19,22-28H2,1-8H3. The Morgan fingerprint density at radius 2 is 1.45 bits per heavy atom. The number of nitrogens with zero attached hydrogens (tertiary/aromatic N) is 1. The van der Waals surface area contributed by atoms with Crippen molar-refractivity contribution in [3.63, 3.8) is 0 Å². The van der Waals surface area contributed by atoms with Crippen LogP contribution in [-0.2, 0) is 38.1 Å². The lowest BCUT2D eigenvalue weighted by molar-refractivity contribution is -0.226. The van der Waals surface area contributed by atoms with Gasteiger partial charge in [-0.3, -0.25) is 19.4 Å². The number of hydrogen-bond donors (Lipinski definition) is 1. The van der Waals surface area contributed by atoms with Crippen molar-refractivity contribution in [2.24, 2.45) is 28.1 Å². The molecule has 296 valence electrons. The maximum Gasteiger partial charge on any atom is 0.347 e. The average Bonchev–Trinajstić information content (AvgIpc) is 3.48. The summed E-state index contributed by atoms with van der Waals surface area (Å²) < 4.78 is 23.4. The molecule has 4 bridgehead atoms. The van der Waals surface area contributed by atoms with E-state index < -0.39 is 51.1 Å². The van der Waals surface area contributed by atoms with Gasteiger partial charge in [0.05, 0.1) is 28.5 Å². The Kier molecular flexibility index (Phi) is 12.1. The summed E-state index contributed by atoms with van der Waals surface area (Å²) in [5.74, 6) is -0.732. The maximum atomic E-state index is 14.2. The summed E-state index contributed by atoms with van der Waals surface area (Å²) in [5, 5.41) is 11.3. The lowest BCUT2D eigenvalue weighted by Gasteiger charge is -2.59. The van der Waals surface area contributed by atoms with Crippen LogP contribution in [0.2, 0.25) is 0 Å². The molecule has 7 atom stereocenters. The van der Waals surface area contributed by atoms with E-state index in [-0.39, 0.29) is 37.3 Å². The number of aliphatic hydroxyl groups is 1. The van der Waals surface area contributed by atoms with E-state index >= 15 is 0 Å². The molecule has 0 aromatic carbocycles. The predicted octanol–water partition coefficient (Wildman–Crippen LogP) is 8.17. The molecule has 1 N–H and O–H groups in total. The SMILES string of the molecule is CCC(CCC(C)(CCC(C)(CCC(C)(CC)C(=O)OC12CC3CC(CC(O)(C3)C1)C2)C(=O)OC1CCOC1=O)C(=O)OC(C)(C)C)c1ccncc1. The number of carbonyl (C=O) groups excluding carboxylic acids is 4. The van der Waals surface area contributed by atoms with Crippen molar-refractivity contribution in [3.05, 3.63) is 30.1 Å². The van der Waals surface area contributed by atoms with E-state index in [1.807, 2.05) is 60.6 Å². The molecule has 10 nitrogen and oxygen atoms in total. The molecule has 4 aliphatic carbocycles. The van der Waals surface area contributed by atoms with Gasteiger partial charge in [-0.05, 0) is 160 Å². The summed E-state index contributed by atoms with van der Waals surface area (Å²) in [5.41, 5.74) is -3.88. The van der Waals surface area contributed by atoms with Crippen LogP contribution in [0.25, 0.3) is 0 Å². The molecule has 4 saturated carbocycles. The van der Waals surface area contributed by atoms with Gasteiger partial charge in [0.25, 0.3) is 0 Å². The van der Waals surface area contributed by atoms with Crippen molar-refractivity contribution in [3.8, 4) is 0 Å². The highest BCUT2D eigenvalue weighted by Crippen LogP contribution is 2.59. The zero-order chi connectivity index (χ0) is 38.9. The number of rotatable bonds is 17. The molecule has 5 aliphatic rings. The van der Waals surface area contributed by atoms with Gasteiger partial charge in [-0.15, -0.1) is 0 Å². The van der Waals surface area contributed by atoms with Crippen molar-refractivity contribution >= 4 is 23.9 Å². The Morgan fingerprint density at radius 1 is 0.868 bits per heavy atom. The molecule has 10 heteroatoms. The summed E-state index contributed by atoms with van der Waals surface area (Å²) in [4.78, 5) is 59.0. The normalized spacial score (nSPS) is 30.4. The van der Waals surface area contributed by atoms with Crippen molar-refractivity contribution in [1.29, 1.82) is 0 Å². The number of ether oxygens (including phenoxy) is 4. The van der Waals surface area contributed by atoms with Crippen molar-refractivity contribution < 1.29 is 43.2 Å². The average molecular weight is 740 g/mol.